The van der Waals surface area contributed by atoms with Gasteiger partial charge in [0.05, 0.1) is 11.2 Å². The first-order valence-corrected chi connectivity index (χ1v) is 5.00. The maximum Gasteiger partial charge on any atom is 0.246 e. The molecule has 0 radical (unpaired) electrons. The highest BCUT2D eigenvalue weighted by Gasteiger charge is 2.04. The van der Waals surface area contributed by atoms with Gasteiger partial charge in [0.15, 0.2) is 0 Å². The van der Waals surface area contributed by atoms with E-state index < -0.39 is 0 Å². The van der Waals surface area contributed by atoms with Crippen LogP contribution in [0.15, 0.2) is 36.9 Å². The molecule has 0 bridgehead atoms. The van der Waals surface area contributed by atoms with Crippen LogP contribution in [0.1, 0.15) is 0 Å². The third kappa shape index (κ3) is 2.80. The third-order valence-corrected chi connectivity index (χ3v) is 2.07. The second-order valence-corrected chi connectivity index (χ2v) is 3.58. The molecule has 0 aliphatic rings. The molecule has 2 aromatic heterocycles. The van der Waals surface area contributed by atoms with Crippen molar-refractivity contribution in [2.75, 3.05) is 5.32 Å². The van der Waals surface area contributed by atoms with E-state index in [4.69, 9.17) is 11.6 Å². The zero-order valence-corrected chi connectivity index (χ0v) is 9.05. The van der Waals surface area contributed by atoms with Crippen LogP contribution in [-0.4, -0.2) is 20.7 Å². The Morgan fingerprint density at radius 3 is 2.81 bits per heavy atom. The van der Waals surface area contributed by atoms with Crippen LogP contribution in [0.3, 0.4) is 0 Å². The Kier molecular flexibility index (Phi) is 3.16. The number of hydrogen-bond acceptors (Lipinski definition) is 3. The van der Waals surface area contributed by atoms with Gasteiger partial charge < -0.3 is 5.32 Å². The Bertz CT molecular complexity index is 483. The second kappa shape index (κ2) is 4.76. The average Bonchev–Trinajstić information content (AvgIpc) is 2.65. The molecule has 2 heterocycles. The normalized spacial score (nSPS) is 10.1. The standard InChI is InChI=1S/C10H9ClN4O/c11-8-5-13-15(6-8)7-10(16)14-9-1-3-12-4-2-9/h1-6H,7H2,(H,12,14,16). The zero-order valence-electron chi connectivity index (χ0n) is 8.30. The van der Waals surface area contributed by atoms with E-state index in [0.29, 0.717) is 10.7 Å². The first-order chi connectivity index (χ1) is 7.74. The number of nitrogens with one attached hydrogen (secondary N) is 1. The van der Waals surface area contributed by atoms with E-state index in [1.165, 1.54) is 10.9 Å². The highest BCUT2D eigenvalue weighted by molar-refractivity contribution is 6.30. The van der Waals surface area contributed by atoms with E-state index in [1.54, 1.807) is 30.7 Å². The lowest BCUT2D eigenvalue weighted by Crippen LogP contribution is -2.18. The molecule has 0 aliphatic heterocycles. The fourth-order valence-corrected chi connectivity index (χ4v) is 1.36. The summed E-state index contributed by atoms with van der Waals surface area (Å²) in [5, 5.41) is 7.14. The van der Waals surface area contributed by atoms with Crippen LogP contribution in [0.25, 0.3) is 0 Å². The molecule has 6 heteroatoms. The van der Waals surface area contributed by atoms with E-state index in [-0.39, 0.29) is 12.5 Å². The summed E-state index contributed by atoms with van der Waals surface area (Å²) in [4.78, 5) is 15.4. The summed E-state index contributed by atoms with van der Waals surface area (Å²) in [5.41, 5.74) is 0.707. The molecule has 2 rings (SSSR count). The maximum absolute atomic E-state index is 11.6. The number of amides is 1. The molecule has 2 aromatic rings. The Morgan fingerprint density at radius 1 is 1.44 bits per heavy atom. The lowest BCUT2D eigenvalue weighted by Gasteiger charge is -2.04. The number of rotatable bonds is 3. The number of anilines is 1. The Hall–Kier alpha value is -1.88. The van der Waals surface area contributed by atoms with Gasteiger partial charge in [0, 0.05) is 24.3 Å². The molecule has 0 atom stereocenters. The van der Waals surface area contributed by atoms with Crippen LogP contribution in [0.4, 0.5) is 5.69 Å². The van der Waals surface area contributed by atoms with Gasteiger partial charge in [0.2, 0.25) is 5.91 Å². The fraction of sp³-hybridized carbons (Fsp3) is 0.100. The summed E-state index contributed by atoms with van der Waals surface area (Å²) in [5.74, 6) is -0.161. The molecule has 0 unspecified atom stereocenters. The van der Waals surface area contributed by atoms with E-state index in [0.717, 1.165) is 0 Å². The van der Waals surface area contributed by atoms with Crippen LogP contribution in [0.5, 0.6) is 0 Å². The SMILES string of the molecule is O=C(Cn1cc(Cl)cn1)Nc1ccncc1. The van der Waals surface area contributed by atoms with Gasteiger partial charge in [-0.1, -0.05) is 11.6 Å². The maximum atomic E-state index is 11.6. The highest BCUT2D eigenvalue weighted by atomic mass is 35.5. The predicted molar refractivity (Wildman–Crippen MR) is 60.1 cm³/mol. The summed E-state index contributed by atoms with van der Waals surface area (Å²) in [6.45, 7) is 0.134. The Morgan fingerprint density at radius 2 is 2.19 bits per heavy atom. The average molecular weight is 237 g/mol. The van der Waals surface area contributed by atoms with Crippen molar-refractivity contribution < 1.29 is 4.79 Å². The number of carbonyl (C=O) groups is 1. The summed E-state index contributed by atoms with van der Waals surface area (Å²) < 4.78 is 1.47. The Labute approximate surface area is 97.1 Å². The van der Waals surface area contributed by atoms with Crippen molar-refractivity contribution in [1.82, 2.24) is 14.8 Å². The van der Waals surface area contributed by atoms with Crippen molar-refractivity contribution in [3.8, 4) is 0 Å². The summed E-state index contributed by atoms with van der Waals surface area (Å²) in [7, 11) is 0. The molecule has 0 aliphatic carbocycles. The summed E-state index contributed by atoms with van der Waals surface area (Å²) in [6.07, 6.45) is 6.30. The van der Waals surface area contributed by atoms with Crippen molar-refractivity contribution in [1.29, 1.82) is 0 Å². The van der Waals surface area contributed by atoms with Crippen molar-refractivity contribution in [3.05, 3.63) is 41.9 Å². The monoisotopic (exact) mass is 236 g/mol. The molecular weight excluding hydrogens is 228 g/mol. The smallest absolute Gasteiger partial charge is 0.246 e. The minimum atomic E-state index is -0.161. The van der Waals surface area contributed by atoms with Crippen molar-refractivity contribution in [2.24, 2.45) is 0 Å². The number of pyridine rings is 1. The summed E-state index contributed by atoms with van der Waals surface area (Å²) >= 11 is 5.68. The van der Waals surface area contributed by atoms with Crippen LogP contribution in [-0.2, 0) is 11.3 Å². The quantitative estimate of drug-likeness (QED) is 0.880. The van der Waals surface area contributed by atoms with Gasteiger partial charge in [-0.15, -0.1) is 0 Å². The van der Waals surface area contributed by atoms with Gasteiger partial charge in [0.25, 0.3) is 0 Å². The predicted octanol–water partition coefficient (Wildman–Crippen LogP) is 1.57. The second-order valence-electron chi connectivity index (χ2n) is 3.14. The molecular formula is C10H9ClN4O. The van der Waals surface area contributed by atoms with Crippen molar-refractivity contribution >= 4 is 23.2 Å². The largest absolute Gasteiger partial charge is 0.324 e. The summed E-state index contributed by atoms with van der Waals surface area (Å²) in [6, 6.07) is 3.43. The van der Waals surface area contributed by atoms with Gasteiger partial charge in [0.1, 0.15) is 6.54 Å². The number of hydrogen-bond donors (Lipinski definition) is 1. The van der Waals surface area contributed by atoms with Crippen molar-refractivity contribution in [3.63, 3.8) is 0 Å². The van der Waals surface area contributed by atoms with Gasteiger partial charge in [-0.05, 0) is 12.1 Å². The fourth-order valence-electron chi connectivity index (χ4n) is 1.21. The Balaban J connectivity index is 1.95. The van der Waals surface area contributed by atoms with Crippen LogP contribution in [0, 0.1) is 0 Å². The van der Waals surface area contributed by atoms with E-state index in [1.807, 2.05) is 0 Å². The van der Waals surface area contributed by atoms with Gasteiger partial charge >= 0.3 is 0 Å². The molecule has 0 saturated heterocycles. The highest BCUT2D eigenvalue weighted by Crippen LogP contribution is 2.06. The third-order valence-electron chi connectivity index (χ3n) is 1.87. The molecule has 5 nitrogen and oxygen atoms in total. The molecule has 0 aromatic carbocycles. The van der Waals surface area contributed by atoms with Crippen molar-refractivity contribution in [2.45, 2.75) is 6.54 Å². The lowest BCUT2D eigenvalue weighted by molar-refractivity contribution is -0.116. The van der Waals surface area contributed by atoms with Gasteiger partial charge in [-0.25, -0.2) is 0 Å². The molecule has 1 N–H and O–H groups in total. The first kappa shape index (κ1) is 10.6. The molecule has 0 spiro atoms. The van der Waals surface area contributed by atoms with Crippen LogP contribution >= 0.6 is 11.6 Å². The number of halogens is 1. The molecule has 1 amide bonds. The van der Waals surface area contributed by atoms with E-state index >= 15 is 0 Å². The topological polar surface area (TPSA) is 59.8 Å². The number of aromatic nitrogens is 3. The van der Waals surface area contributed by atoms with Crippen LogP contribution in [0.2, 0.25) is 5.02 Å². The zero-order chi connectivity index (χ0) is 11.4. The minimum absolute atomic E-state index is 0.134. The molecule has 0 saturated carbocycles. The van der Waals surface area contributed by atoms with Gasteiger partial charge in [-0.2, -0.15) is 5.10 Å². The van der Waals surface area contributed by atoms with E-state index in [2.05, 4.69) is 15.4 Å². The van der Waals surface area contributed by atoms with Gasteiger partial charge in [-0.3, -0.25) is 14.5 Å². The number of carbonyl (C=O) groups excluding carboxylic acids is 1. The van der Waals surface area contributed by atoms with E-state index in [9.17, 15) is 4.79 Å². The van der Waals surface area contributed by atoms with Crippen LogP contribution < -0.4 is 5.32 Å². The molecule has 16 heavy (non-hydrogen) atoms. The lowest BCUT2D eigenvalue weighted by atomic mass is 10.4. The minimum Gasteiger partial charge on any atom is -0.324 e. The number of nitrogens with zero attached hydrogens (tertiary/aromatic N) is 3. The molecule has 0 fully saturated rings. The molecule has 82 valence electrons. The first-order valence-electron chi connectivity index (χ1n) is 4.62.